The molecule has 1 amide bonds. The van der Waals surface area contributed by atoms with Gasteiger partial charge in [0.1, 0.15) is 5.75 Å². The number of piperidine rings is 1. The third-order valence-electron chi connectivity index (χ3n) is 5.41. The molecule has 0 aliphatic carbocycles. The van der Waals surface area contributed by atoms with Crippen LogP contribution in [0, 0.1) is 0 Å². The Morgan fingerprint density at radius 3 is 2.34 bits per heavy atom. The van der Waals surface area contributed by atoms with E-state index >= 15 is 0 Å². The summed E-state index contributed by atoms with van der Waals surface area (Å²) in [6.45, 7) is 5.37. The number of hydrogen-bond acceptors (Lipinski definition) is 4. The fraction of sp³-hybridized carbons (Fsp3) is 0.417. The lowest BCUT2D eigenvalue weighted by Crippen LogP contribution is -2.29. The maximum absolute atomic E-state index is 12.4. The van der Waals surface area contributed by atoms with Crippen LogP contribution in [0.5, 0.6) is 5.75 Å². The highest BCUT2D eigenvalue weighted by molar-refractivity contribution is 5.94. The van der Waals surface area contributed by atoms with Gasteiger partial charge in [0, 0.05) is 24.2 Å². The molecule has 5 heteroatoms. The van der Waals surface area contributed by atoms with Crippen LogP contribution in [0.2, 0.25) is 0 Å². The van der Waals surface area contributed by atoms with Gasteiger partial charge in [-0.1, -0.05) is 30.7 Å². The van der Waals surface area contributed by atoms with Crippen molar-refractivity contribution in [3.05, 3.63) is 64.7 Å². The molecule has 0 saturated carbocycles. The lowest BCUT2D eigenvalue weighted by atomic mass is 10.0. The Hall–Kier alpha value is -2.66. The number of ether oxygens (including phenoxy) is 1. The molecule has 1 N–H and O–H groups in total. The van der Waals surface area contributed by atoms with E-state index in [-0.39, 0.29) is 18.1 Å². The molecule has 0 radical (unpaired) electrons. The summed E-state index contributed by atoms with van der Waals surface area (Å²) in [4.78, 5) is 26.5. The fourth-order valence-electron chi connectivity index (χ4n) is 3.71. The van der Waals surface area contributed by atoms with Gasteiger partial charge in [-0.2, -0.15) is 0 Å². The van der Waals surface area contributed by atoms with Crippen molar-refractivity contribution < 1.29 is 14.3 Å². The maximum atomic E-state index is 12.4. The van der Waals surface area contributed by atoms with Crippen molar-refractivity contribution in [2.75, 3.05) is 20.2 Å². The van der Waals surface area contributed by atoms with Crippen LogP contribution in [0.25, 0.3) is 0 Å². The molecule has 5 nitrogen and oxygen atoms in total. The average Bonchev–Trinajstić information content (AvgIpc) is 2.74. The van der Waals surface area contributed by atoms with Gasteiger partial charge in [-0.15, -0.1) is 0 Å². The van der Waals surface area contributed by atoms with E-state index in [0.29, 0.717) is 17.9 Å². The number of nitrogens with one attached hydrogen (secondary N) is 1. The topological polar surface area (TPSA) is 58.6 Å². The van der Waals surface area contributed by atoms with Gasteiger partial charge in [0.05, 0.1) is 13.5 Å². The molecule has 1 fully saturated rings. The van der Waals surface area contributed by atoms with Crippen LogP contribution < -0.4 is 10.1 Å². The summed E-state index contributed by atoms with van der Waals surface area (Å²) in [5.74, 6) is 0.493. The zero-order valence-corrected chi connectivity index (χ0v) is 17.4. The van der Waals surface area contributed by atoms with Crippen molar-refractivity contribution in [2.45, 2.75) is 45.7 Å². The maximum Gasteiger partial charge on any atom is 0.224 e. The van der Waals surface area contributed by atoms with Crippen molar-refractivity contribution in [2.24, 2.45) is 0 Å². The fourth-order valence-corrected chi connectivity index (χ4v) is 3.71. The van der Waals surface area contributed by atoms with Gasteiger partial charge in [-0.05, 0) is 62.2 Å². The van der Waals surface area contributed by atoms with Gasteiger partial charge in [-0.3, -0.25) is 14.5 Å². The van der Waals surface area contributed by atoms with E-state index in [0.717, 1.165) is 17.7 Å². The normalized spacial score (nSPS) is 14.4. The van der Waals surface area contributed by atoms with E-state index in [4.69, 9.17) is 4.74 Å². The zero-order chi connectivity index (χ0) is 20.6. The Labute approximate surface area is 173 Å². The first-order valence-electron chi connectivity index (χ1n) is 10.3. The Bertz CT molecular complexity index is 840. The average molecular weight is 395 g/mol. The van der Waals surface area contributed by atoms with Crippen molar-refractivity contribution in [3.63, 3.8) is 0 Å². The summed E-state index contributed by atoms with van der Waals surface area (Å²) in [6.07, 6.45) is 4.12. The molecule has 0 unspecified atom stereocenters. The number of benzene rings is 2. The van der Waals surface area contributed by atoms with Crippen LogP contribution >= 0.6 is 0 Å². The summed E-state index contributed by atoms with van der Waals surface area (Å²) in [5, 5.41) is 2.96. The Balaban J connectivity index is 1.52. The first kappa shape index (κ1) is 21.1. The molecule has 3 rings (SSSR count). The van der Waals surface area contributed by atoms with E-state index < -0.39 is 0 Å². The number of amides is 1. The molecule has 0 aromatic heterocycles. The molecule has 1 heterocycles. The summed E-state index contributed by atoms with van der Waals surface area (Å²) in [7, 11) is 1.57. The molecule has 29 heavy (non-hydrogen) atoms. The van der Waals surface area contributed by atoms with Crippen molar-refractivity contribution in [3.8, 4) is 5.75 Å². The largest absolute Gasteiger partial charge is 0.496 e. The second kappa shape index (κ2) is 10.2. The van der Waals surface area contributed by atoms with Crippen LogP contribution in [-0.2, 0) is 24.3 Å². The molecule has 154 valence electrons. The second-order valence-electron chi connectivity index (χ2n) is 7.69. The molecular formula is C24H30N2O3. The molecule has 2 aromatic carbocycles. The minimum atomic E-state index is -0.0959. The quantitative estimate of drug-likeness (QED) is 0.693. The number of carbonyl (C=O) groups is 2. The Morgan fingerprint density at radius 2 is 1.69 bits per heavy atom. The molecule has 0 spiro atoms. The van der Waals surface area contributed by atoms with Crippen LogP contribution in [0.1, 0.15) is 53.2 Å². The highest BCUT2D eigenvalue weighted by Gasteiger charge is 2.12. The molecule has 2 aromatic rings. The Kier molecular flexibility index (Phi) is 7.42. The number of Topliss-reactive ketones (excluding diaryl/α,β-unsaturated/α-hetero) is 1. The van der Waals surface area contributed by atoms with E-state index in [9.17, 15) is 9.59 Å². The molecule has 1 aliphatic rings. The monoisotopic (exact) mass is 394 g/mol. The summed E-state index contributed by atoms with van der Waals surface area (Å²) in [6, 6.07) is 13.6. The molecule has 0 atom stereocenters. The van der Waals surface area contributed by atoms with E-state index in [1.807, 2.05) is 0 Å². The number of ketones is 1. The molecule has 1 saturated heterocycles. The van der Waals surface area contributed by atoms with E-state index in [1.165, 1.54) is 44.8 Å². The van der Waals surface area contributed by atoms with Crippen molar-refractivity contribution in [1.29, 1.82) is 0 Å². The smallest absolute Gasteiger partial charge is 0.224 e. The number of nitrogens with zero attached hydrogens (tertiary/aromatic N) is 1. The predicted molar refractivity (Wildman–Crippen MR) is 114 cm³/mol. The molecule has 1 aliphatic heterocycles. The lowest BCUT2D eigenvalue weighted by molar-refractivity contribution is -0.120. The summed E-state index contributed by atoms with van der Waals surface area (Å²) < 4.78 is 5.32. The molecule has 0 bridgehead atoms. The first-order valence-corrected chi connectivity index (χ1v) is 10.3. The summed E-state index contributed by atoms with van der Waals surface area (Å²) in [5.41, 5.74) is 3.69. The third kappa shape index (κ3) is 6.16. The van der Waals surface area contributed by atoms with Crippen molar-refractivity contribution in [1.82, 2.24) is 10.2 Å². The number of rotatable bonds is 8. The molecular weight excluding hydrogens is 364 g/mol. The van der Waals surface area contributed by atoms with Crippen LogP contribution in [-0.4, -0.2) is 36.8 Å². The van der Waals surface area contributed by atoms with Gasteiger partial charge in [0.2, 0.25) is 5.91 Å². The first-order chi connectivity index (χ1) is 14.0. The number of carbonyl (C=O) groups excluding carboxylic acids is 2. The van der Waals surface area contributed by atoms with Gasteiger partial charge in [0.15, 0.2) is 5.78 Å². The predicted octanol–water partition coefficient (Wildman–Crippen LogP) is 3.74. The zero-order valence-electron chi connectivity index (χ0n) is 17.4. The van der Waals surface area contributed by atoms with Gasteiger partial charge < -0.3 is 10.1 Å². The van der Waals surface area contributed by atoms with E-state index in [1.54, 1.807) is 25.3 Å². The summed E-state index contributed by atoms with van der Waals surface area (Å²) >= 11 is 0. The SMILES string of the molecule is COc1ccc(C(C)=O)cc1CC(=O)NCc1ccc(CN2CCCCC2)cc1. The highest BCUT2D eigenvalue weighted by Crippen LogP contribution is 2.21. The lowest BCUT2D eigenvalue weighted by Gasteiger charge is -2.26. The van der Waals surface area contributed by atoms with Gasteiger partial charge >= 0.3 is 0 Å². The van der Waals surface area contributed by atoms with Gasteiger partial charge in [0.25, 0.3) is 0 Å². The highest BCUT2D eigenvalue weighted by atomic mass is 16.5. The second-order valence-corrected chi connectivity index (χ2v) is 7.69. The Morgan fingerprint density at radius 1 is 1.00 bits per heavy atom. The number of methoxy groups -OCH3 is 1. The number of likely N-dealkylation sites (tertiary alicyclic amines) is 1. The van der Waals surface area contributed by atoms with E-state index in [2.05, 4.69) is 34.5 Å². The van der Waals surface area contributed by atoms with Crippen molar-refractivity contribution >= 4 is 11.7 Å². The standard InChI is InChI=1S/C24H30N2O3/c1-18(27)21-10-11-23(29-2)22(14-21)15-24(28)25-16-19-6-8-20(9-7-19)17-26-12-4-3-5-13-26/h6-11,14H,3-5,12-13,15-17H2,1-2H3,(H,25,28). The minimum Gasteiger partial charge on any atom is -0.496 e. The van der Waals surface area contributed by atoms with Gasteiger partial charge in [-0.25, -0.2) is 0 Å². The van der Waals surface area contributed by atoms with Crippen LogP contribution in [0.3, 0.4) is 0 Å². The third-order valence-corrected chi connectivity index (χ3v) is 5.41. The van der Waals surface area contributed by atoms with Crippen LogP contribution in [0.4, 0.5) is 0 Å². The number of hydrogen-bond donors (Lipinski definition) is 1. The minimum absolute atomic E-state index is 0.0287. The van der Waals surface area contributed by atoms with Crippen LogP contribution in [0.15, 0.2) is 42.5 Å².